The van der Waals surface area contributed by atoms with Gasteiger partial charge in [-0.1, -0.05) is 4.49 Å². The van der Waals surface area contributed by atoms with Crippen LogP contribution in [0.5, 0.6) is 0 Å². The summed E-state index contributed by atoms with van der Waals surface area (Å²) < 4.78 is 3.62. The molecule has 1 atom stereocenters. The van der Waals surface area contributed by atoms with Gasteiger partial charge in [0.05, 0.1) is 5.92 Å². The van der Waals surface area contributed by atoms with Gasteiger partial charge in [-0.3, -0.25) is 9.59 Å². The number of aliphatic carboxylic acids is 1. The molecule has 0 unspecified atom stereocenters. The van der Waals surface area contributed by atoms with Gasteiger partial charge in [-0.05, 0) is 24.4 Å². The molecule has 1 N–H and O–H groups in total. The Labute approximate surface area is 96.0 Å². The van der Waals surface area contributed by atoms with Crippen molar-refractivity contribution in [2.24, 2.45) is 5.92 Å². The Kier molecular flexibility index (Phi) is 3.14. The molecule has 0 aliphatic carbocycles. The second-order valence-corrected chi connectivity index (χ2v) is 4.33. The van der Waals surface area contributed by atoms with Crippen LogP contribution in [0.1, 0.15) is 23.3 Å². The van der Waals surface area contributed by atoms with Gasteiger partial charge >= 0.3 is 5.97 Å². The number of piperidine rings is 1. The van der Waals surface area contributed by atoms with Crippen LogP contribution in [-0.2, 0) is 4.79 Å². The Balaban J connectivity index is 2.05. The van der Waals surface area contributed by atoms with Crippen LogP contribution in [0.2, 0.25) is 0 Å². The summed E-state index contributed by atoms with van der Waals surface area (Å²) in [5.74, 6) is -1.52. The van der Waals surface area contributed by atoms with Gasteiger partial charge in [0.25, 0.3) is 5.91 Å². The predicted molar refractivity (Wildman–Crippen MR) is 56.2 cm³/mol. The average Bonchev–Trinajstić information content (AvgIpc) is 2.81. The van der Waals surface area contributed by atoms with Gasteiger partial charge in [0.15, 0.2) is 5.69 Å². The lowest BCUT2D eigenvalue weighted by atomic mass is 9.98. The van der Waals surface area contributed by atoms with Crippen molar-refractivity contribution in [1.82, 2.24) is 14.5 Å². The van der Waals surface area contributed by atoms with Crippen molar-refractivity contribution in [2.75, 3.05) is 13.1 Å². The highest BCUT2D eigenvalue weighted by molar-refractivity contribution is 7.03. The Morgan fingerprint density at radius 2 is 2.38 bits per heavy atom. The molecule has 0 aromatic carbocycles. The summed E-state index contributed by atoms with van der Waals surface area (Å²) >= 11 is 1.11. The number of carboxylic acid groups (broad SMARTS) is 1. The van der Waals surface area contributed by atoms with Crippen LogP contribution in [0, 0.1) is 5.92 Å². The molecule has 1 fully saturated rings. The number of rotatable bonds is 2. The molecule has 1 aromatic rings. The van der Waals surface area contributed by atoms with E-state index in [1.54, 1.807) is 10.3 Å². The quantitative estimate of drug-likeness (QED) is 0.814. The number of carboxylic acids is 1. The first kappa shape index (κ1) is 11.0. The summed E-state index contributed by atoms with van der Waals surface area (Å²) in [6.07, 6.45) is 1.36. The number of hydrogen-bond acceptors (Lipinski definition) is 5. The van der Waals surface area contributed by atoms with Crippen LogP contribution in [0.15, 0.2) is 5.38 Å². The fraction of sp³-hybridized carbons (Fsp3) is 0.556. The Hall–Kier alpha value is -1.50. The first-order valence-corrected chi connectivity index (χ1v) is 5.81. The van der Waals surface area contributed by atoms with Crippen molar-refractivity contribution < 1.29 is 14.7 Å². The maximum absolute atomic E-state index is 11.9. The first-order valence-electron chi connectivity index (χ1n) is 4.97. The van der Waals surface area contributed by atoms with Gasteiger partial charge in [-0.15, -0.1) is 5.10 Å². The molecule has 0 radical (unpaired) electrons. The zero-order chi connectivity index (χ0) is 11.5. The summed E-state index contributed by atoms with van der Waals surface area (Å²) in [7, 11) is 0. The molecular formula is C9H11N3O3S. The molecule has 1 saturated heterocycles. The minimum atomic E-state index is -0.839. The van der Waals surface area contributed by atoms with Crippen molar-refractivity contribution in [3.8, 4) is 0 Å². The van der Waals surface area contributed by atoms with Crippen LogP contribution in [0.3, 0.4) is 0 Å². The number of amides is 1. The largest absolute Gasteiger partial charge is 0.481 e. The second-order valence-electron chi connectivity index (χ2n) is 3.72. The third kappa shape index (κ3) is 2.19. The van der Waals surface area contributed by atoms with E-state index >= 15 is 0 Å². The van der Waals surface area contributed by atoms with Crippen molar-refractivity contribution in [2.45, 2.75) is 12.8 Å². The van der Waals surface area contributed by atoms with E-state index in [2.05, 4.69) is 9.59 Å². The van der Waals surface area contributed by atoms with E-state index in [4.69, 9.17) is 5.11 Å². The lowest BCUT2D eigenvalue weighted by Gasteiger charge is -2.29. The Bertz CT molecular complexity index is 393. The fourth-order valence-electron chi connectivity index (χ4n) is 1.78. The van der Waals surface area contributed by atoms with Gasteiger partial charge in [0.2, 0.25) is 0 Å². The number of carbonyl (C=O) groups is 2. The topological polar surface area (TPSA) is 83.4 Å². The monoisotopic (exact) mass is 241 g/mol. The summed E-state index contributed by atoms with van der Waals surface area (Å²) in [4.78, 5) is 24.3. The molecule has 7 heteroatoms. The molecule has 1 aliphatic heterocycles. The van der Waals surface area contributed by atoms with Gasteiger partial charge in [-0.25, -0.2) is 0 Å². The fourth-order valence-corrected chi connectivity index (χ4v) is 2.21. The van der Waals surface area contributed by atoms with E-state index in [-0.39, 0.29) is 12.5 Å². The number of hydrogen-bond donors (Lipinski definition) is 1. The van der Waals surface area contributed by atoms with Crippen molar-refractivity contribution in [3.63, 3.8) is 0 Å². The standard InChI is InChI=1S/C9H11N3O3S/c13-8(7-5-16-11-10-7)12-3-1-2-6(4-12)9(14)15/h5-6H,1-4H2,(H,14,15)/t6-/m1/s1. The molecule has 1 amide bonds. The summed E-state index contributed by atoms with van der Waals surface area (Å²) in [6.45, 7) is 0.867. The van der Waals surface area contributed by atoms with Gasteiger partial charge < -0.3 is 10.0 Å². The van der Waals surface area contributed by atoms with Gasteiger partial charge in [0, 0.05) is 18.5 Å². The molecule has 2 heterocycles. The van der Waals surface area contributed by atoms with Crippen LogP contribution in [-0.4, -0.2) is 44.6 Å². The molecule has 6 nitrogen and oxygen atoms in total. The highest BCUT2D eigenvalue weighted by Crippen LogP contribution is 2.18. The average molecular weight is 241 g/mol. The molecular weight excluding hydrogens is 230 g/mol. The summed E-state index contributed by atoms with van der Waals surface area (Å²) in [5, 5.41) is 14.2. The van der Waals surface area contributed by atoms with Crippen LogP contribution in [0.25, 0.3) is 0 Å². The highest BCUT2D eigenvalue weighted by atomic mass is 32.1. The SMILES string of the molecule is O=C(O)[C@@H]1CCCN(C(=O)c2csnn2)C1. The second kappa shape index (κ2) is 4.56. The predicted octanol–water partition coefficient (Wildman–Crippen LogP) is 0.475. The molecule has 0 bridgehead atoms. The third-order valence-corrected chi connectivity index (χ3v) is 3.14. The molecule has 86 valence electrons. The normalized spacial score (nSPS) is 20.8. The lowest BCUT2D eigenvalue weighted by molar-refractivity contribution is -0.143. The number of nitrogens with zero attached hydrogens (tertiary/aromatic N) is 3. The van der Waals surface area contributed by atoms with Gasteiger partial charge in [0.1, 0.15) is 0 Å². The smallest absolute Gasteiger partial charge is 0.308 e. The van der Waals surface area contributed by atoms with Crippen molar-refractivity contribution in [3.05, 3.63) is 11.1 Å². The van der Waals surface area contributed by atoms with E-state index in [1.165, 1.54) is 0 Å². The van der Waals surface area contributed by atoms with E-state index < -0.39 is 11.9 Å². The third-order valence-electron chi connectivity index (χ3n) is 2.64. The zero-order valence-corrected chi connectivity index (χ0v) is 9.31. The molecule has 2 rings (SSSR count). The number of carbonyl (C=O) groups excluding carboxylic acids is 1. The molecule has 0 saturated carbocycles. The van der Waals surface area contributed by atoms with Crippen molar-refractivity contribution in [1.29, 1.82) is 0 Å². The van der Waals surface area contributed by atoms with E-state index in [1.807, 2.05) is 0 Å². The zero-order valence-electron chi connectivity index (χ0n) is 8.50. The Morgan fingerprint density at radius 3 is 3.00 bits per heavy atom. The molecule has 1 aromatic heterocycles. The van der Waals surface area contributed by atoms with Crippen LogP contribution in [0.4, 0.5) is 0 Å². The molecule has 16 heavy (non-hydrogen) atoms. The van der Waals surface area contributed by atoms with Gasteiger partial charge in [-0.2, -0.15) is 0 Å². The van der Waals surface area contributed by atoms with Crippen LogP contribution >= 0.6 is 11.5 Å². The molecule has 1 aliphatic rings. The minimum absolute atomic E-state index is 0.222. The minimum Gasteiger partial charge on any atom is -0.481 e. The maximum Gasteiger partial charge on any atom is 0.308 e. The number of aromatic nitrogens is 2. The highest BCUT2D eigenvalue weighted by Gasteiger charge is 2.29. The van der Waals surface area contributed by atoms with E-state index in [0.717, 1.165) is 18.0 Å². The Morgan fingerprint density at radius 1 is 1.56 bits per heavy atom. The first-order chi connectivity index (χ1) is 7.68. The maximum atomic E-state index is 11.9. The van der Waals surface area contributed by atoms with Crippen molar-refractivity contribution >= 4 is 23.4 Å². The summed E-state index contributed by atoms with van der Waals surface area (Å²) in [5.41, 5.74) is 0.302. The molecule has 0 spiro atoms. The van der Waals surface area contributed by atoms with Crippen LogP contribution < -0.4 is 0 Å². The lowest BCUT2D eigenvalue weighted by Crippen LogP contribution is -2.42. The van der Waals surface area contributed by atoms with E-state index in [9.17, 15) is 9.59 Å². The number of likely N-dealkylation sites (tertiary alicyclic amines) is 1. The summed E-state index contributed by atoms with van der Waals surface area (Å²) in [6, 6.07) is 0. The van der Waals surface area contributed by atoms with E-state index in [0.29, 0.717) is 18.7 Å².